The van der Waals surface area contributed by atoms with E-state index in [9.17, 15) is 14.4 Å². The van der Waals surface area contributed by atoms with E-state index < -0.39 is 17.5 Å². The van der Waals surface area contributed by atoms with Crippen LogP contribution in [0.25, 0.3) is 0 Å². The van der Waals surface area contributed by atoms with Gasteiger partial charge in [0.2, 0.25) is 5.82 Å². The number of methoxy groups -OCH3 is 1. The van der Waals surface area contributed by atoms with E-state index in [1.54, 1.807) is 6.92 Å². The van der Waals surface area contributed by atoms with Gasteiger partial charge in [0.1, 0.15) is 0 Å². The maximum atomic E-state index is 13.0. The van der Waals surface area contributed by atoms with Crippen LogP contribution >= 0.6 is 0 Å². The monoisotopic (exact) mass is 185 g/mol. The number of halogens is 1. The van der Waals surface area contributed by atoms with Crippen LogP contribution < -0.4 is 4.73 Å². The maximum absolute atomic E-state index is 13.0. The summed E-state index contributed by atoms with van der Waals surface area (Å²) in [6.07, 6.45) is 1.11. The number of rotatable bonds is 1. The van der Waals surface area contributed by atoms with Crippen LogP contribution in [0.4, 0.5) is 4.39 Å². The highest BCUT2D eigenvalue weighted by atomic mass is 19.1. The minimum Gasteiger partial charge on any atom is -0.618 e. The van der Waals surface area contributed by atoms with Gasteiger partial charge >= 0.3 is 11.7 Å². The number of nitrogens with zero attached hydrogens (tertiary/aromatic N) is 1. The molecule has 1 aromatic heterocycles. The van der Waals surface area contributed by atoms with Crippen LogP contribution in [0.1, 0.15) is 16.1 Å². The lowest BCUT2D eigenvalue weighted by molar-refractivity contribution is -0.610. The first-order valence-electron chi connectivity index (χ1n) is 3.54. The molecule has 0 saturated heterocycles. The molecule has 70 valence electrons. The fourth-order valence-electron chi connectivity index (χ4n) is 0.944. The van der Waals surface area contributed by atoms with E-state index in [0.717, 1.165) is 19.4 Å². The number of carbonyl (C=O) groups is 1. The summed E-state index contributed by atoms with van der Waals surface area (Å²) in [7, 11) is 1.08. The molecule has 5 heteroatoms. The molecule has 0 spiro atoms. The van der Waals surface area contributed by atoms with Crippen LogP contribution in [0, 0.1) is 17.9 Å². The van der Waals surface area contributed by atoms with E-state index in [1.165, 1.54) is 0 Å². The van der Waals surface area contributed by atoms with Gasteiger partial charge in [0.05, 0.1) is 7.11 Å². The number of ether oxygens (including phenoxy) is 1. The molecule has 0 saturated carbocycles. The fourth-order valence-corrected chi connectivity index (χ4v) is 0.944. The number of hydrogen-bond donors (Lipinski definition) is 0. The Morgan fingerprint density at radius 1 is 1.69 bits per heavy atom. The van der Waals surface area contributed by atoms with Crippen LogP contribution in [0.5, 0.6) is 0 Å². The van der Waals surface area contributed by atoms with Crippen molar-refractivity contribution in [3.05, 3.63) is 34.5 Å². The Kier molecular flexibility index (Phi) is 2.46. The third-order valence-electron chi connectivity index (χ3n) is 1.50. The van der Waals surface area contributed by atoms with Crippen molar-refractivity contribution in [3.63, 3.8) is 0 Å². The van der Waals surface area contributed by atoms with Crippen LogP contribution in [0.2, 0.25) is 0 Å². The normalized spacial score (nSPS) is 9.77. The lowest BCUT2D eigenvalue weighted by Crippen LogP contribution is -2.36. The molecule has 0 unspecified atom stereocenters. The van der Waals surface area contributed by atoms with Crippen LogP contribution in [0.15, 0.2) is 12.3 Å². The van der Waals surface area contributed by atoms with Gasteiger partial charge in [-0.15, -0.1) is 0 Å². The molecule has 4 nitrogen and oxygen atoms in total. The van der Waals surface area contributed by atoms with Gasteiger partial charge in [-0.2, -0.15) is 9.12 Å². The molecule has 1 rings (SSSR count). The molecular formula is C8H8FNO3. The molecule has 13 heavy (non-hydrogen) atoms. The van der Waals surface area contributed by atoms with Crippen molar-refractivity contribution in [3.8, 4) is 0 Å². The quantitative estimate of drug-likeness (QED) is 0.365. The number of aromatic nitrogens is 1. The Morgan fingerprint density at radius 2 is 2.31 bits per heavy atom. The van der Waals surface area contributed by atoms with Crippen LogP contribution in [-0.4, -0.2) is 13.1 Å². The van der Waals surface area contributed by atoms with E-state index >= 15 is 0 Å². The Labute approximate surface area is 74.1 Å². The van der Waals surface area contributed by atoms with Crippen molar-refractivity contribution in [1.29, 1.82) is 0 Å². The molecule has 1 heterocycles. The summed E-state index contributed by atoms with van der Waals surface area (Å²) >= 11 is 0. The highest BCUT2D eigenvalue weighted by Gasteiger charge is 2.23. The summed E-state index contributed by atoms with van der Waals surface area (Å²) in [5.74, 6) is -1.85. The Morgan fingerprint density at radius 3 is 2.77 bits per heavy atom. The molecular weight excluding hydrogens is 177 g/mol. The SMILES string of the molecule is COC(=O)c1c(F)cc(C)c[n+]1[O-]. The minimum atomic E-state index is -0.979. The van der Waals surface area contributed by atoms with E-state index in [4.69, 9.17) is 0 Å². The zero-order chi connectivity index (χ0) is 10.0. The van der Waals surface area contributed by atoms with Crippen molar-refractivity contribution in [2.45, 2.75) is 6.92 Å². The second-order valence-corrected chi connectivity index (χ2v) is 2.53. The van der Waals surface area contributed by atoms with Crippen molar-refractivity contribution in [2.75, 3.05) is 7.11 Å². The molecule has 0 aliphatic rings. The average Bonchev–Trinajstić information content (AvgIpc) is 2.02. The summed E-state index contributed by atoms with van der Waals surface area (Å²) in [6, 6.07) is 1.10. The van der Waals surface area contributed by atoms with Gasteiger partial charge in [0.15, 0.2) is 6.20 Å². The minimum absolute atomic E-state index is 0.163. The summed E-state index contributed by atoms with van der Waals surface area (Å²) in [5.41, 5.74) is -0.173. The second kappa shape index (κ2) is 3.38. The van der Waals surface area contributed by atoms with Gasteiger partial charge in [-0.05, 0) is 13.0 Å². The number of pyridine rings is 1. The van der Waals surface area contributed by atoms with E-state index in [1.807, 2.05) is 0 Å². The van der Waals surface area contributed by atoms with Gasteiger partial charge in [-0.25, -0.2) is 4.79 Å². The van der Waals surface area contributed by atoms with Crippen molar-refractivity contribution in [1.82, 2.24) is 0 Å². The first-order valence-corrected chi connectivity index (χ1v) is 3.54. The Bertz CT molecular complexity index is 328. The van der Waals surface area contributed by atoms with Crippen LogP contribution in [0.3, 0.4) is 0 Å². The predicted octanol–water partition coefficient (Wildman–Crippen LogP) is 0.554. The van der Waals surface area contributed by atoms with Gasteiger partial charge in [0, 0.05) is 5.56 Å². The Balaban J connectivity index is 3.28. The zero-order valence-corrected chi connectivity index (χ0v) is 7.20. The summed E-state index contributed by atoms with van der Waals surface area (Å²) < 4.78 is 17.4. The van der Waals surface area contributed by atoms with Gasteiger partial charge in [0.25, 0.3) is 0 Å². The largest absolute Gasteiger partial charge is 0.618 e. The average molecular weight is 185 g/mol. The molecule has 0 N–H and O–H groups in total. The predicted molar refractivity (Wildman–Crippen MR) is 41.4 cm³/mol. The molecule has 0 aliphatic carbocycles. The van der Waals surface area contributed by atoms with E-state index in [0.29, 0.717) is 5.56 Å². The van der Waals surface area contributed by atoms with Gasteiger partial charge in [-0.1, -0.05) is 0 Å². The number of carbonyl (C=O) groups excluding carboxylic acids is 1. The standard InChI is InChI=1S/C8H8FNO3/c1-5-3-6(9)7(8(11)13-2)10(12)4-5/h3-4H,1-2H3. The number of aryl methyl sites for hydroxylation is 1. The maximum Gasteiger partial charge on any atom is 0.407 e. The molecule has 0 fully saturated rings. The highest BCUT2D eigenvalue weighted by molar-refractivity contribution is 5.85. The molecule has 1 aromatic rings. The van der Waals surface area contributed by atoms with E-state index in [2.05, 4.69) is 4.74 Å². The zero-order valence-electron chi connectivity index (χ0n) is 7.20. The fraction of sp³-hybridized carbons (Fsp3) is 0.250. The first kappa shape index (κ1) is 9.44. The summed E-state index contributed by atoms with van der Waals surface area (Å²) in [5, 5.41) is 11.0. The first-order chi connectivity index (χ1) is 6.06. The third-order valence-corrected chi connectivity index (χ3v) is 1.50. The van der Waals surface area contributed by atoms with Crippen LogP contribution in [-0.2, 0) is 4.74 Å². The van der Waals surface area contributed by atoms with Crippen molar-refractivity contribution < 1.29 is 18.7 Å². The van der Waals surface area contributed by atoms with Crippen molar-refractivity contribution >= 4 is 5.97 Å². The van der Waals surface area contributed by atoms with E-state index in [-0.39, 0.29) is 4.73 Å². The molecule has 0 atom stereocenters. The molecule has 0 aromatic carbocycles. The molecule has 0 amide bonds. The smallest absolute Gasteiger partial charge is 0.407 e. The van der Waals surface area contributed by atoms with Gasteiger partial charge in [-0.3, -0.25) is 0 Å². The lowest BCUT2D eigenvalue weighted by atomic mass is 10.2. The number of hydrogen-bond acceptors (Lipinski definition) is 3. The van der Waals surface area contributed by atoms with Gasteiger partial charge < -0.3 is 9.94 Å². The second-order valence-electron chi connectivity index (χ2n) is 2.53. The third kappa shape index (κ3) is 1.74. The van der Waals surface area contributed by atoms with Crippen molar-refractivity contribution in [2.24, 2.45) is 0 Å². The molecule has 0 bridgehead atoms. The molecule has 0 radical (unpaired) electrons. The number of esters is 1. The lowest BCUT2D eigenvalue weighted by Gasteiger charge is -2.03. The summed E-state index contributed by atoms with van der Waals surface area (Å²) in [6.45, 7) is 1.55. The topological polar surface area (TPSA) is 53.2 Å². The Hall–Kier alpha value is -1.65. The summed E-state index contributed by atoms with van der Waals surface area (Å²) in [4.78, 5) is 10.9. The highest BCUT2D eigenvalue weighted by Crippen LogP contribution is 2.05. The molecule has 0 aliphatic heterocycles.